The van der Waals surface area contributed by atoms with Gasteiger partial charge in [0.05, 0.1) is 0 Å². The van der Waals surface area contributed by atoms with Crippen molar-refractivity contribution >= 4 is 11.0 Å². The second-order valence-corrected chi connectivity index (χ2v) is 4.80. The van der Waals surface area contributed by atoms with Crippen molar-refractivity contribution in [2.45, 2.75) is 13.0 Å². The van der Waals surface area contributed by atoms with Gasteiger partial charge in [-0.15, -0.1) is 0 Å². The van der Waals surface area contributed by atoms with Crippen LogP contribution in [0.15, 0.2) is 46.9 Å². The molecule has 102 valence electrons. The second-order valence-electron chi connectivity index (χ2n) is 4.80. The minimum atomic E-state index is -1.08. The van der Waals surface area contributed by atoms with Gasteiger partial charge in [-0.2, -0.15) is 0 Å². The summed E-state index contributed by atoms with van der Waals surface area (Å²) >= 11 is 0. The van der Waals surface area contributed by atoms with Crippen LogP contribution in [-0.2, 0) is 0 Å². The zero-order valence-electron chi connectivity index (χ0n) is 10.7. The predicted octanol–water partition coefficient (Wildman–Crippen LogP) is 4.10. The van der Waals surface area contributed by atoms with Crippen molar-refractivity contribution < 1.29 is 18.3 Å². The topological polar surface area (TPSA) is 33.4 Å². The molecule has 1 aromatic heterocycles. The highest BCUT2D eigenvalue weighted by atomic mass is 19.1. The van der Waals surface area contributed by atoms with E-state index in [1.54, 1.807) is 19.1 Å². The molecule has 0 aliphatic heterocycles. The van der Waals surface area contributed by atoms with Gasteiger partial charge >= 0.3 is 0 Å². The van der Waals surface area contributed by atoms with Crippen molar-refractivity contribution in [2.24, 2.45) is 0 Å². The lowest BCUT2D eigenvalue weighted by molar-refractivity contribution is 0.192. The number of halogens is 2. The maximum atomic E-state index is 13.4. The molecule has 3 rings (SSSR count). The first-order valence-electron chi connectivity index (χ1n) is 6.17. The van der Waals surface area contributed by atoms with Gasteiger partial charge in [0, 0.05) is 5.39 Å². The predicted molar refractivity (Wildman–Crippen MR) is 71.4 cm³/mol. The van der Waals surface area contributed by atoms with E-state index in [2.05, 4.69) is 0 Å². The molecule has 0 fully saturated rings. The van der Waals surface area contributed by atoms with Gasteiger partial charge in [-0.05, 0) is 54.4 Å². The number of hydrogen-bond acceptors (Lipinski definition) is 2. The Morgan fingerprint density at radius 1 is 1.00 bits per heavy atom. The van der Waals surface area contributed by atoms with Gasteiger partial charge in [-0.3, -0.25) is 0 Å². The fourth-order valence-electron chi connectivity index (χ4n) is 2.26. The molecule has 2 aromatic carbocycles. The van der Waals surface area contributed by atoms with Gasteiger partial charge in [0.2, 0.25) is 0 Å². The van der Waals surface area contributed by atoms with Crippen LogP contribution in [0, 0.1) is 18.6 Å². The number of furan rings is 1. The summed E-state index contributed by atoms with van der Waals surface area (Å²) in [4.78, 5) is 0. The molecule has 3 aromatic rings. The van der Waals surface area contributed by atoms with E-state index < -0.39 is 11.9 Å². The summed E-state index contributed by atoms with van der Waals surface area (Å²) in [5.41, 5.74) is 1.59. The minimum Gasteiger partial charge on any atom is -0.458 e. The summed E-state index contributed by atoms with van der Waals surface area (Å²) in [7, 11) is 0. The number of hydrogen-bond donors (Lipinski definition) is 1. The zero-order valence-corrected chi connectivity index (χ0v) is 10.7. The Bertz CT molecular complexity index is 757. The first-order chi connectivity index (χ1) is 9.52. The van der Waals surface area contributed by atoms with E-state index in [1.165, 1.54) is 30.3 Å². The lowest BCUT2D eigenvalue weighted by Crippen LogP contribution is -1.99. The van der Waals surface area contributed by atoms with Crippen molar-refractivity contribution in [3.05, 3.63) is 71.0 Å². The Morgan fingerprint density at radius 2 is 1.80 bits per heavy atom. The SMILES string of the molecule is Cc1cc(F)cc(C(O)c2cc3cc(F)ccc3o2)c1. The average molecular weight is 274 g/mol. The highest BCUT2D eigenvalue weighted by Gasteiger charge is 2.17. The molecule has 0 aliphatic rings. The summed E-state index contributed by atoms with van der Waals surface area (Å²) in [6.07, 6.45) is -1.08. The van der Waals surface area contributed by atoms with Crippen LogP contribution in [0.4, 0.5) is 8.78 Å². The Morgan fingerprint density at radius 3 is 2.55 bits per heavy atom. The first kappa shape index (κ1) is 12.8. The third kappa shape index (κ3) is 2.30. The van der Waals surface area contributed by atoms with E-state index in [0.717, 1.165) is 0 Å². The van der Waals surface area contributed by atoms with E-state index in [0.29, 0.717) is 22.1 Å². The van der Waals surface area contributed by atoms with E-state index in [-0.39, 0.29) is 11.6 Å². The van der Waals surface area contributed by atoms with Gasteiger partial charge in [0.1, 0.15) is 29.1 Å². The Balaban J connectivity index is 2.05. The molecule has 1 atom stereocenters. The molecule has 1 heterocycles. The summed E-state index contributed by atoms with van der Waals surface area (Å²) in [6, 6.07) is 9.98. The quantitative estimate of drug-likeness (QED) is 0.763. The molecule has 0 aliphatic carbocycles. The maximum Gasteiger partial charge on any atom is 0.138 e. The average Bonchev–Trinajstić information content (AvgIpc) is 2.79. The van der Waals surface area contributed by atoms with Crippen LogP contribution in [0.2, 0.25) is 0 Å². The number of benzene rings is 2. The monoisotopic (exact) mass is 274 g/mol. The van der Waals surface area contributed by atoms with Crippen molar-refractivity contribution in [1.29, 1.82) is 0 Å². The highest BCUT2D eigenvalue weighted by molar-refractivity contribution is 5.78. The smallest absolute Gasteiger partial charge is 0.138 e. The van der Waals surface area contributed by atoms with E-state index in [4.69, 9.17) is 4.42 Å². The van der Waals surface area contributed by atoms with E-state index >= 15 is 0 Å². The maximum absolute atomic E-state index is 13.4. The number of aliphatic hydroxyl groups is 1. The lowest BCUT2D eigenvalue weighted by Gasteiger charge is -2.09. The molecule has 4 heteroatoms. The van der Waals surface area contributed by atoms with Gasteiger partial charge in [-0.1, -0.05) is 6.07 Å². The summed E-state index contributed by atoms with van der Waals surface area (Å²) in [5, 5.41) is 10.8. The van der Waals surface area contributed by atoms with E-state index in [9.17, 15) is 13.9 Å². The molecule has 1 unspecified atom stereocenters. The molecule has 0 spiro atoms. The van der Waals surface area contributed by atoms with Gasteiger partial charge in [0.25, 0.3) is 0 Å². The van der Waals surface area contributed by atoms with Crippen LogP contribution in [0.1, 0.15) is 23.0 Å². The molecular weight excluding hydrogens is 262 g/mol. The number of rotatable bonds is 2. The van der Waals surface area contributed by atoms with Crippen molar-refractivity contribution in [1.82, 2.24) is 0 Å². The van der Waals surface area contributed by atoms with Crippen molar-refractivity contribution in [2.75, 3.05) is 0 Å². The van der Waals surface area contributed by atoms with Crippen LogP contribution >= 0.6 is 0 Å². The molecule has 0 saturated heterocycles. The molecule has 2 nitrogen and oxygen atoms in total. The van der Waals surface area contributed by atoms with Gasteiger partial charge in [-0.25, -0.2) is 8.78 Å². The molecule has 0 radical (unpaired) electrons. The first-order valence-corrected chi connectivity index (χ1v) is 6.17. The molecule has 1 N–H and O–H groups in total. The van der Waals surface area contributed by atoms with Gasteiger partial charge in [0.15, 0.2) is 0 Å². The Labute approximate surface area is 114 Å². The van der Waals surface area contributed by atoms with Crippen LogP contribution in [0.3, 0.4) is 0 Å². The van der Waals surface area contributed by atoms with Crippen molar-refractivity contribution in [3.8, 4) is 0 Å². The highest BCUT2D eigenvalue weighted by Crippen LogP contribution is 2.29. The fraction of sp³-hybridized carbons (Fsp3) is 0.125. The summed E-state index contributed by atoms with van der Waals surface area (Å²) in [5.74, 6) is -0.530. The van der Waals surface area contributed by atoms with Crippen LogP contribution in [0.25, 0.3) is 11.0 Å². The minimum absolute atomic E-state index is 0.260. The van der Waals surface area contributed by atoms with Crippen LogP contribution < -0.4 is 0 Å². The normalized spacial score (nSPS) is 12.8. The largest absolute Gasteiger partial charge is 0.458 e. The van der Waals surface area contributed by atoms with Crippen LogP contribution in [-0.4, -0.2) is 5.11 Å². The molecule has 0 amide bonds. The molecule has 0 bridgehead atoms. The lowest BCUT2D eigenvalue weighted by atomic mass is 10.0. The molecule has 0 saturated carbocycles. The van der Waals surface area contributed by atoms with E-state index in [1.807, 2.05) is 0 Å². The second kappa shape index (κ2) is 4.72. The molecule has 20 heavy (non-hydrogen) atoms. The fourth-order valence-corrected chi connectivity index (χ4v) is 2.26. The van der Waals surface area contributed by atoms with Gasteiger partial charge < -0.3 is 9.52 Å². The zero-order chi connectivity index (χ0) is 14.3. The Hall–Kier alpha value is -2.20. The Kier molecular flexibility index (Phi) is 3.03. The van der Waals surface area contributed by atoms with Crippen molar-refractivity contribution in [3.63, 3.8) is 0 Å². The summed E-state index contributed by atoms with van der Waals surface area (Å²) < 4.78 is 32.0. The third-order valence-corrected chi connectivity index (χ3v) is 3.15. The summed E-state index contributed by atoms with van der Waals surface area (Å²) in [6.45, 7) is 1.74. The number of fused-ring (bicyclic) bond motifs is 1. The third-order valence-electron chi connectivity index (χ3n) is 3.15. The number of aryl methyl sites for hydroxylation is 1. The number of aliphatic hydroxyl groups excluding tert-OH is 1. The standard InChI is InChI=1S/C16H12F2O2/c1-9-4-11(7-13(18)5-9)16(19)15-8-10-6-12(17)2-3-14(10)20-15/h2-8,16,19H,1H3. The van der Waals surface area contributed by atoms with Crippen LogP contribution in [0.5, 0.6) is 0 Å². The molecular formula is C16H12F2O2.